The minimum Gasteiger partial charge on any atom is -0.276 e. The molecule has 23 heavy (non-hydrogen) atoms. The van der Waals surface area contributed by atoms with Gasteiger partial charge in [0.2, 0.25) is 0 Å². The molecule has 0 aliphatic heterocycles. The molecular weight excluding hydrogens is 346 g/mol. The molecule has 0 unspecified atom stereocenters. The molecule has 122 valence electrons. The van der Waals surface area contributed by atoms with E-state index in [1.165, 1.54) is 0 Å². The summed E-state index contributed by atoms with van der Waals surface area (Å²) in [5.74, 6) is 0. The second-order valence-electron chi connectivity index (χ2n) is 4.61. The normalized spacial score (nSPS) is 12.3. The fraction of sp³-hybridized carbons (Fsp3) is 0.133. The summed E-state index contributed by atoms with van der Waals surface area (Å²) in [6, 6.07) is 6.45. The Bertz CT molecular complexity index is 731. The standard InChI is InChI=1S/C15H7ClF6O/c16-13(23)11-7-9(3-6-12(11)15(20,21)22)8-1-4-10(5-2-8)14(17,18)19/h1-7H. The number of rotatable bonds is 2. The van der Waals surface area contributed by atoms with Gasteiger partial charge in [0.1, 0.15) is 0 Å². The maximum atomic E-state index is 12.8. The Balaban J connectivity index is 2.49. The van der Waals surface area contributed by atoms with Crippen LogP contribution in [-0.2, 0) is 12.4 Å². The number of hydrogen-bond donors (Lipinski definition) is 0. The lowest BCUT2D eigenvalue weighted by Crippen LogP contribution is -2.11. The van der Waals surface area contributed by atoms with E-state index in [0.717, 1.165) is 36.4 Å². The summed E-state index contributed by atoms with van der Waals surface area (Å²) in [6.45, 7) is 0. The van der Waals surface area contributed by atoms with Crippen LogP contribution in [-0.4, -0.2) is 5.24 Å². The van der Waals surface area contributed by atoms with Gasteiger partial charge >= 0.3 is 12.4 Å². The highest BCUT2D eigenvalue weighted by Crippen LogP contribution is 2.36. The number of benzene rings is 2. The monoisotopic (exact) mass is 352 g/mol. The van der Waals surface area contributed by atoms with Crippen LogP contribution in [0.2, 0.25) is 0 Å². The summed E-state index contributed by atoms with van der Waals surface area (Å²) >= 11 is 5.17. The highest BCUT2D eigenvalue weighted by molar-refractivity contribution is 6.68. The van der Waals surface area contributed by atoms with Crippen LogP contribution in [0.15, 0.2) is 42.5 Å². The lowest BCUT2D eigenvalue weighted by atomic mass is 9.98. The van der Waals surface area contributed by atoms with E-state index in [-0.39, 0.29) is 11.1 Å². The Labute approximate surface area is 131 Å². The zero-order valence-electron chi connectivity index (χ0n) is 11.1. The van der Waals surface area contributed by atoms with Crippen LogP contribution in [0, 0.1) is 0 Å². The maximum absolute atomic E-state index is 12.8. The smallest absolute Gasteiger partial charge is 0.276 e. The molecule has 0 saturated carbocycles. The van der Waals surface area contributed by atoms with Crippen LogP contribution in [0.25, 0.3) is 11.1 Å². The van der Waals surface area contributed by atoms with Crippen LogP contribution < -0.4 is 0 Å². The van der Waals surface area contributed by atoms with Gasteiger partial charge in [-0.2, -0.15) is 26.3 Å². The van der Waals surface area contributed by atoms with Gasteiger partial charge in [-0.25, -0.2) is 0 Å². The van der Waals surface area contributed by atoms with Gasteiger partial charge in [0, 0.05) is 5.56 Å². The van der Waals surface area contributed by atoms with Crippen molar-refractivity contribution in [2.75, 3.05) is 0 Å². The van der Waals surface area contributed by atoms with E-state index in [0.29, 0.717) is 6.07 Å². The minimum absolute atomic E-state index is 0.149. The fourth-order valence-corrected chi connectivity index (χ4v) is 2.14. The Hall–Kier alpha value is -2.02. The average molecular weight is 353 g/mol. The summed E-state index contributed by atoms with van der Waals surface area (Å²) < 4.78 is 75.8. The van der Waals surface area contributed by atoms with E-state index < -0.39 is 34.3 Å². The number of carbonyl (C=O) groups excluding carboxylic acids is 1. The second-order valence-corrected chi connectivity index (χ2v) is 4.95. The van der Waals surface area contributed by atoms with Gasteiger partial charge < -0.3 is 0 Å². The zero-order valence-corrected chi connectivity index (χ0v) is 11.9. The van der Waals surface area contributed by atoms with Crippen molar-refractivity contribution in [2.24, 2.45) is 0 Å². The average Bonchev–Trinajstić information content (AvgIpc) is 2.45. The van der Waals surface area contributed by atoms with E-state index in [9.17, 15) is 31.1 Å². The lowest BCUT2D eigenvalue weighted by Gasteiger charge is -2.12. The van der Waals surface area contributed by atoms with Crippen LogP contribution in [0.5, 0.6) is 0 Å². The second kappa shape index (κ2) is 5.88. The molecule has 0 bridgehead atoms. The predicted molar refractivity (Wildman–Crippen MR) is 72.1 cm³/mol. The van der Waals surface area contributed by atoms with E-state index in [1.807, 2.05) is 0 Å². The molecule has 8 heteroatoms. The van der Waals surface area contributed by atoms with E-state index in [1.54, 1.807) is 0 Å². The number of halogens is 7. The highest BCUT2D eigenvalue weighted by Gasteiger charge is 2.35. The summed E-state index contributed by atoms with van der Waals surface area (Å²) in [7, 11) is 0. The molecule has 0 amide bonds. The first-order chi connectivity index (χ1) is 10.5. The van der Waals surface area contributed by atoms with E-state index in [2.05, 4.69) is 0 Å². The van der Waals surface area contributed by atoms with Crippen molar-refractivity contribution in [2.45, 2.75) is 12.4 Å². The number of alkyl halides is 6. The van der Waals surface area contributed by atoms with Crippen molar-refractivity contribution in [3.8, 4) is 11.1 Å². The molecule has 0 aliphatic carbocycles. The molecule has 1 nitrogen and oxygen atoms in total. The Morgan fingerprint density at radius 3 is 1.74 bits per heavy atom. The maximum Gasteiger partial charge on any atom is 0.417 e. The molecule has 0 saturated heterocycles. The fourth-order valence-electron chi connectivity index (χ4n) is 1.99. The number of carbonyl (C=O) groups is 1. The van der Waals surface area contributed by atoms with E-state index >= 15 is 0 Å². The molecule has 0 N–H and O–H groups in total. The molecule has 0 aromatic heterocycles. The largest absolute Gasteiger partial charge is 0.417 e. The number of hydrogen-bond acceptors (Lipinski definition) is 1. The van der Waals surface area contributed by atoms with Crippen molar-refractivity contribution >= 4 is 16.8 Å². The first-order valence-corrected chi connectivity index (χ1v) is 6.46. The van der Waals surface area contributed by atoms with Gasteiger partial charge in [0.15, 0.2) is 0 Å². The van der Waals surface area contributed by atoms with Gasteiger partial charge in [0.05, 0.1) is 11.1 Å². The van der Waals surface area contributed by atoms with Gasteiger partial charge in [0.25, 0.3) is 5.24 Å². The van der Waals surface area contributed by atoms with Crippen molar-refractivity contribution in [1.29, 1.82) is 0 Å². The first-order valence-electron chi connectivity index (χ1n) is 6.09. The Kier molecular flexibility index (Phi) is 4.43. The Morgan fingerprint density at radius 1 is 0.783 bits per heavy atom. The predicted octanol–water partition coefficient (Wildman–Crippen LogP) is 5.77. The quantitative estimate of drug-likeness (QED) is 0.495. The SMILES string of the molecule is O=C(Cl)c1cc(-c2ccc(C(F)(F)F)cc2)ccc1C(F)(F)F. The van der Waals surface area contributed by atoms with Crippen LogP contribution in [0.4, 0.5) is 26.3 Å². The third-order valence-electron chi connectivity index (χ3n) is 3.08. The van der Waals surface area contributed by atoms with Crippen LogP contribution >= 0.6 is 11.6 Å². The van der Waals surface area contributed by atoms with Crippen molar-refractivity contribution in [3.05, 3.63) is 59.2 Å². The van der Waals surface area contributed by atoms with Gasteiger partial charge in [-0.3, -0.25) is 4.79 Å². The molecule has 0 radical (unpaired) electrons. The summed E-state index contributed by atoms with van der Waals surface area (Å²) in [6.07, 6.45) is -9.28. The van der Waals surface area contributed by atoms with Crippen molar-refractivity contribution in [3.63, 3.8) is 0 Å². The molecule has 0 spiro atoms. The highest BCUT2D eigenvalue weighted by atomic mass is 35.5. The summed E-state index contributed by atoms with van der Waals surface area (Å²) in [4.78, 5) is 11.2. The topological polar surface area (TPSA) is 17.1 Å². The molecule has 0 fully saturated rings. The van der Waals surface area contributed by atoms with Gasteiger partial charge in [-0.1, -0.05) is 18.2 Å². The van der Waals surface area contributed by atoms with Crippen molar-refractivity contribution in [1.82, 2.24) is 0 Å². The van der Waals surface area contributed by atoms with Gasteiger partial charge in [-0.15, -0.1) is 0 Å². The third-order valence-corrected chi connectivity index (χ3v) is 3.29. The van der Waals surface area contributed by atoms with Crippen LogP contribution in [0.1, 0.15) is 21.5 Å². The summed E-state index contributed by atoms with van der Waals surface area (Å²) in [5.41, 5.74) is -2.46. The molecule has 2 aromatic rings. The molecule has 2 rings (SSSR count). The third kappa shape index (κ3) is 3.85. The first kappa shape index (κ1) is 17.3. The Morgan fingerprint density at radius 2 is 1.30 bits per heavy atom. The van der Waals surface area contributed by atoms with E-state index in [4.69, 9.17) is 11.6 Å². The van der Waals surface area contributed by atoms with Gasteiger partial charge in [-0.05, 0) is 47.0 Å². The lowest BCUT2D eigenvalue weighted by molar-refractivity contribution is -0.138. The molecular formula is C15H7ClF6O. The molecule has 0 heterocycles. The van der Waals surface area contributed by atoms with Crippen molar-refractivity contribution < 1.29 is 31.1 Å². The van der Waals surface area contributed by atoms with Crippen LogP contribution in [0.3, 0.4) is 0 Å². The molecule has 0 aliphatic rings. The molecule has 0 atom stereocenters. The minimum atomic E-state index is -4.77. The zero-order chi connectivity index (χ0) is 17.4. The summed E-state index contributed by atoms with van der Waals surface area (Å²) in [5, 5.41) is -1.30. The molecule has 2 aromatic carbocycles.